The van der Waals surface area contributed by atoms with Crippen LogP contribution in [0.15, 0.2) is 95.2 Å². The van der Waals surface area contributed by atoms with Crippen LogP contribution in [0.1, 0.15) is 19.4 Å². The molecule has 0 radical (unpaired) electrons. The highest BCUT2D eigenvalue weighted by Crippen LogP contribution is 2.28. The maximum Gasteiger partial charge on any atom is 0.250 e. The second kappa shape index (κ2) is 11.3. The Hall–Kier alpha value is -3.91. The van der Waals surface area contributed by atoms with E-state index in [0.717, 1.165) is 28.3 Å². The van der Waals surface area contributed by atoms with Crippen LogP contribution in [-0.4, -0.2) is 38.7 Å². The summed E-state index contributed by atoms with van der Waals surface area (Å²) in [5.74, 6) is 1.42. The molecule has 0 aliphatic rings. The zero-order valence-corrected chi connectivity index (χ0v) is 19.8. The fraction of sp³-hybridized carbons (Fsp3) is 0.154. The zero-order valence-electron chi connectivity index (χ0n) is 19.0. The number of aromatic nitrogens is 3. The van der Waals surface area contributed by atoms with Crippen molar-refractivity contribution in [3.8, 4) is 22.8 Å². The van der Waals surface area contributed by atoms with Gasteiger partial charge in [0, 0.05) is 11.3 Å². The summed E-state index contributed by atoms with van der Waals surface area (Å²) in [5, 5.41) is 13.6. The third-order valence-corrected chi connectivity index (χ3v) is 5.87. The number of ether oxygens (including phenoxy) is 1. The number of hydrogen-bond acceptors (Lipinski definition) is 6. The number of hydrazone groups is 1. The Morgan fingerprint density at radius 3 is 2.32 bits per heavy atom. The van der Waals surface area contributed by atoms with E-state index in [1.54, 1.807) is 0 Å². The molecule has 0 unspecified atom stereocenters. The lowest BCUT2D eigenvalue weighted by Crippen LogP contribution is -2.21. The monoisotopic (exact) mass is 471 g/mol. The number of carbonyl (C=O) groups is 1. The van der Waals surface area contributed by atoms with Gasteiger partial charge in [-0.15, -0.1) is 10.2 Å². The molecule has 4 rings (SSSR count). The topological polar surface area (TPSA) is 81.4 Å². The van der Waals surface area contributed by atoms with Gasteiger partial charge in [0.05, 0.1) is 18.1 Å². The molecule has 1 N–H and O–H groups in total. The second-order valence-electron chi connectivity index (χ2n) is 7.32. The van der Waals surface area contributed by atoms with Crippen molar-refractivity contribution < 1.29 is 9.53 Å². The normalized spacial score (nSPS) is 11.3. The molecule has 8 heteroatoms. The third-order valence-electron chi connectivity index (χ3n) is 4.94. The standard InChI is InChI=1S/C26H25N5O2S/c1-3-33-23-16-14-22(15-17-23)31-25(21-12-8-5-9-13-21)29-30-26(31)34-18-24(32)28-27-19(2)20-10-6-4-7-11-20/h4-17H,3,18H2,1-2H3,(H,28,32). The van der Waals surface area contributed by atoms with E-state index in [1.165, 1.54) is 11.8 Å². The molecule has 0 aliphatic carbocycles. The lowest BCUT2D eigenvalue weighted by atomic mass is 10.1. The van der Waals surface area contributed by atoms with Gasteiger partial charge in [0.25, 0.3) is 5.91 Å². The van der Waals surface area contributed by atoms with Gasteiger partial charge >= 0.3 is 0 Å². The minimum Gasteiger partial charge on any atom is -0.494 e. The quantitative estimate of drug-likeness (QED) is 0.212. The highest BCUT2D eigenvalue weighted by Gasteiger charge is 2.17. The Morgan fingerprint density at radius 2 is 1.65 bits per heavy atom. The van der Waals surface area contributed by atoms with E-state index in [-0.39, 0.29) is 11.7 Å². The Balaban J connectivity index is 1.53. The summed E-state index contributed by atoms with van der Waals surface area (Å²) < 4.78 is 7.52. The molecule has 1 heterocycles. The second-order valence-corrected chi connectivity index (χ2v) is 8.26. The van der Waals surface area contributed by atoms with Crippen LogP contribution in [0.3, 0.4) is 0 Å². The van der Waals surface area contributed by atoms with E-state index in [1.807, 2.05) is 103 Å². The molecule has 0 fully saturated rings. The van der Waals surface area contributed by atoms with E-state index in [2.05, 4.69) is 20.7 Å². The fourth-order valence-electron chi connectivity index (χ4n) is 3.28. The van der Waals surface area contributed by atoms with Gasteiger partial charge in [0.1, 0.15) is 5.75 Å². The van der Waals surface area contributed by atoms with Gasteiger partial charge < -0.3 is 4.74 Å². The lowest BCUT2D eigenvalue weighted by Gasteiger charge is -2.11. The molecule has 0 bridgehead atoms. The van der Waals surface area contributed by atoms with Gasteiger partial charge in [0.15, 0.2) is 11.0 Å². The number of amides is 1. The molecule has 3 aromatic carbocycles. The summed E-state index contributed by atoms with van der Waals surface area (Å²) in [6.07, 6.45) is 0. The van der Waals surface area contributed by atoms with Crippen LogP contribution in [0.4, 0.5) is 0 Å². The van der Waals surface area contributed by atoms with Crippen molar-refractivity contribution in [1.82, 2.24) is 20.2 Å². The molecule has 0 saturated heterocycles. The van der Waals surface area contributed by atoms with Crippen LogP contribution < -0.4 is 10.2 Å². The van der Waals surface area contributed by atoms with E-state index < -0.39 is 0 Å². The van der Waals surface area contributed by atoms with Gasteiger partial charge in [-0.1, -0.05) is 72.4 Å². The Labute approximate surface area is 202 Å². The lowest BCUT2D eigenvalue weighted by molar-refractivity contribution is -0.118. The van der Waals surface area contributed by atoms with Crippen LogP contribution >= 0.6 is 11.8 Å². The summed E-state index contributed by atoms with van der Waals surface area (Å²) in [7, 11) is 0. The number of benzene rings is 3. The van der Waals surface area contributed by atoms with E-state index >= 15 is 0 Å². The first-order chi connectivity index (χ1) is 16.7. The molecule has 1 aromatic heterocycles. The zero-order chi connectivity index (χ0) is 23.8. The molecule has 172 valence electrons. The maximum atomic E-state index is 12.5. The molecule has 0 saturated carbocycles. The van der Waals surface area contributed by atoms with Crippen molar-refractivity contribution in [2.45, 2.75) is 19.0 Å². The average Bonchev–Trinajstić information content (AvgIpc) is 3.31. The molecule has 7 nitrogen and oxygen atoms in total. The molecular formula is C26H25N5O2S. The van der Waals surface area contributed by atoms with Crippen LogP contribution in [0.2, 0.25) is 0 Å². The molecule has 0 spiro atoms. The van der Waals surface area contributed by atoms with Crippen molar-refractivity contribution in [3.63, 3.8) is 0 Å². The van der Waals surface area contributed by atoms with Crippen molar-refractivity contribution in [1.29, 1.82) is 0 Å². The minimum absolute atomic E-state index is 0.148. The predicted octanol–water partition coefficient (Wildman–Crippen LogP) is 4.97. The summed E-state index contributed by atoms with van der Waals surface area (Å²) in [4.78, 5) is 12.5. The molecule has 4 aromatic rings. The van der Waals surface area contributed by atoms with Crippen molar-refractivity contribution in [2.75, 3.05) is 12.4 Å². The summed E-state index contributed by atoms with van der Waals surface area (Å²) in [6.45, 7) is 4.41. The summed E-state index contributed by atoms with van der Waals surface area (Å²) in [5.41, 5.74) is 6.14. The first-order valence-corrected chi connectivity index (χ1v) is 11.9. The van der Waals surface area contributed by atoms with Crippen LogP contribution in [0.5, 0.6) is 5.75 Å². The average molecular weight is 472 g/mol. The fourth-order valence-corrected chi connectivity index (χ4v) is 4.03. The number of thioether (sulfide) groups is 1. The van der Waals surface area contributed by atoms with Gasteiger partial charge in [-0.05, 0) is 43.7 Å². The highest BCUT2D eigenvalue weighted by atomic mass is 32.2. The first kappa shape index (κ1) is 23.3. The molecule has 0 aliphatic heterocycles. The highest BCUT2D eigenvalue weighted by molar-refractivity contribution is 7.99. The van der Waals surface area contributed by atoms with Crippen LogP contribution in [0, 0.1) is 0 Å². The maximum absolute atomic E-state index is 12.5. The molecule has 0 atom stereocenters. The number of nitrogens with one attached hydrogen (secondary N) is 1. The Morgan fingerprint density at radius 1 is 0.971 bits per heavy atom. The molecular weight excluding hydrogens is 446 g/mol. The first-order valence-electron chi connectivity index (χ1n) is 10.9. The van der Waals surface area contributed by atoms with Gasteiger partial charge in [0.2, 0.25) is 0 Å². The number of nitrogens with zero attached hydrogens (tertiary/aromatic N) is 4. The number of rotatable bonds is 9. The van der Waals surface area contributed by atoms with Gasteiger partial charge in [-0.3, -0.25) is 9.36 Å². The number of hydrogen-bond donors (Lipinski definition) is 1. The van der Waals surface area contributed by atoms with Crippen molar-refractivity contribution in [2.24, 2.45) is 5.10 Å². The van der Waals surface area contributed by atoms with Crippen LogP contribution in [-0.2, 0) is 4.79 Å². The minimum atomic E-state index is -0.220. The SMILES string of the molecule is CCOc1ccc(-n2c(SCC(=O)NN=C(C)c3ccccc3)nnc2-c2ccccc2)cc1. The van der Waals surface area contributed by atoms with E-state index in [9.17, 15) is 4.79 Å². The van der Waals surface area contributed by atoms with Gasteiger partial charge in [-0.2, -0.15) is 5.10 Å². The predicted molar refractivity (Wildman–Crippen MR) is 135 cm³/mol. The smallest absolute Gasteiger partial charge is 0.250 e. The molecule has 1 amide bonds. The third kappa shape index (κ3) is 5.71. The van der Waals surface area contributed by atoms with E-state index in [0.29, 0.717) is 17.6 Å². The summed E-state index contributed by atoms with van der Waals surface area (Å²) in [6, 6.07) is 27.3. The van der Waals surface area contributed by atoms with Gasteiger partial charge in [-0.25, -0.2) is 5.43 Å². The Kier molecular flexibility index (Phi) is 7.72. The van der Waals surface area contributed by atoms with Crippen LogP contribution in [0.25, 0.3) is 17.1 Å². The van der Waals surface area contributed by atoms with Crippen molar-refractivity contribution >= 4 is 23.4 Å². The summed E-state index contributed by atoms with van der Waals surface area (Å²) >= 11 is 1.30. The Bertz CT molecular complexity index is 1260. The largest absolute Gasteiger partial charge is 0.494 e. The molecule has 34 heavy (non-hydrogen) atoms. The van der Waals surface area contributed by atoms with E-state index in [4.69, 9.17) is 4.74 Å². The van der Waals surface area contributed by atoms with Crippen molar-refractivity contribution in [3.05, 3.63) is 90.5 Å². The number of carbonyl (C=O) groups excluding carboxylic acids is 1.